The molecule has 6 nitrogen and oxygen atoms in total. The Morgan fingerprint density at radius 2 is 1.76 bits per heavy atom. The zero-order chi connectivity index (χ0) is 21.1. The molecule has 2 aromatic rings. The van der Waals surface area contributed by atoms with E-state index in [0.717, 1.165) is 12.0 Å². The number of esters is 1. The van der Waals surface area contributed by atoms with E-state index in [0.29, 0.717) is 37.2 Å². The highest BCUT2D eigenvalue weighted by Gasteiger charge is 2.27. The molecular formula is C22H28ClN3O3. The smallest absolute Gasteiger partial charge is 0.343 e. The van der Waals surface area contributed by atoms with Gasteiger partial charge in [0.15, 0.2) is 6.61 Å². The van der Waals surface area contributed by atoms with E-state index in [1.807, 2.05) is 31.2 Å². The van der Waals surface area contributed by atoms with Gasteiger partial charge in [-0.05, 0) is 37.7 Å². The Bertz CT molecular complexity index is 881. The molecule has 0 bridgehead atoms. The van der Waals surface area contributed by atoms with E-state index >= 15 is 0 Å². The Morgan fingerprint density at radius 1 is 1.14 bits per heavy atom. The summed E-state index contributed by atoms with van der Waals surface area (Å²) in [4.78, 5) is 26.8. The first-order valence-corrected chi connectivity index (χ1v) is 10.4. The number of aromatic nitrogens is 2. The molecule has 2 atom stereocenters. The van der Waals surface area contributed by atoms with Crippen LogP contribution < -0.4 is 0 Å². The third kappa shape index (κ3) is 5.18. The van der Waals surface area contributed by atoms with Crippen LogP contribution in [0.1, 0.15) is 47.4 Å². The van der Waals surface area contributed by atoms with Gasteiger partial charge in [-0.25, -0.2) is 9.48 Å². The van der Waals surface area contributed by atoms with Crippen molar-refractivity contribution in [1.82, 2.24) is 14.7 Å². The van der Waals surface area contributed by atoms with Crippen LogP contribution in [-0.4, -0.2) is 46.3 Å². The molecule has 2 heterocycles. The van der Waals surface area contributed by atoms with Crippen LogP contribution in [0.15, 0.2) is 24.3 Å². The molecule has 0 N–H and O–H groups in total. The summed E-state index contributed by atoms with van der Waals surface area (Å²) in [5.41, 5.74) is 2.90. The summed E-state index contributed by atoms with van der Waals surface area (Å²) in [5, 5.41) is 4.60. The van der Waals surface area contributed by atoms with Gasteiger partial charge in [-0.1, -0.05) is 55.3 Å². The normalized spacial score (nSPS) is 19.3. The van der Waals surface area contributed by atoms with Crippen molar-refractivity contribution in [3.63, 3.8) is 0 Å². The summed E-state index contributed by atoms with van der Waals surface area (Å²) in [6.07, 6.45) is 1.11. The molecule has 0 saturated carbocycles. The number of benzene rings is 1. The zero-order valence-electron chi connectivity index (χ0n) is 17.4. The zero-order valence-corrected chi connectivity index (χ0v) is 18.2. The Hall–Kier alpha value is -2.34. The molecule has 3 rings (SSSR count). The van der Waals surface area contributed by atoms with Crippen LogP contribution in [0.2, 0.25) is 5.15 Å². The number of halogens is 1. The summed E-state index contributed by atoms with van der Waals surface area (Å²) < 4.78 is 6.86. The first-order chi connectivity index (χ1) is 13.7. The lowest BCUT2D eigenvalue weighted by atomic mass is 9.92. The second-order valence-corrected chi connectivity index (χ2v) is 8.57. The molecule has 0 aliphatic carbocycles. The number of hydrogen-bond donors (Lipinski definition) is 0. The Kier molecular flexibility index (Phi) is 6.63. The van der Waals surface area contributed by atoms with E-state index in [1.165, 1.54) is 5.56 Å². The SMILES string of the molecule is Cc1ccc(Cn2nc(C)c(C(=O)OCC(=O)N3CC(C)CC(C)C3)c2Cl)cc1. The molecule has 29 heavy (non-hydrogen) atoms. The summed E-state index contributed by atoms with van der Waals surface area (Å²) in [6, 6.07) is 8.03. The summed E-state index contributed by atoms with van der Waals surface area (Å²) in [6.45, 7) is 9.58. The van der Waals surface area contributed by atoms with Gasteiger partial charge in [-0.3, -0.25) is 4.79 Å². The largest absolute Gasteiger partial charge is 0.452 e. The van der Waals surface area contributed by atoms with Gasteiger partial charge in [0.05, 0.1) is 12.2 Å². The van der Waals surface area contributed by atoms with Crippen LogP contribution in [0.5, 0.6) is 0 Å². The summed E-state index contributed by atoms with van der Waals surface area (Å²) in [5.74, 6) is 0.122. The van der Waals surface area contributed by atoms with Gasteiger partial charge in [0, 0.05) is 13.1 Å². The Labute approximate surface area is 176 Å². The van der Waals surface area contributed by atoms with Crippen molar-refractivity contribution in [3.05, 3.63) is 51.8 Å². The quantitative estimate of drug-likeness (QED) is 0.693. The van der Waals surface area contributed by atoms with E-state index in [-0.39, 0.29) is 23.2 Å². The van der Waals surface area contributed by atoms with E-state index in [4.69, 9.17) is 16.3 Å². The molecule has 0 spiro atoms. The first-order valence-electron chi connectivity index (χ1n) is 9.98. The number of hydrogen-bond acceptors (Lipinski definition) is 4. The highest BCUT2D eigenvalue weighted by atomic mass is 35.5. The van der Waals surface area contributed by atoms with Gasteiger partial charge in [-0.2, -0.15) is 5.10 Å². The third-order valence-corrected chi connectivity index (χ3v) is 5.65. The minimum absolute atomic E-state index is 0.169. The average Bonchev–Trinajstić information content (AvgIpc) is 2.94. The van der Waals surface area contributed by atoms with Crippen LogP contribution in [0.25, 0.3) is 0 Å². The molecular weight excluding hydrogens is 390 g/mol. The number of aryl methyl sites for hydroxylation is 2. The second kappa shape index (κ2) is 8.99. The van der Waals surface area contributed by atoms with Crippen molar-refractivity contribution in [2.45, 2.75) is 40.7 Å². The fourth-order valence-electron chi connectivity index (χ4n) is 3.91. The van der Waals surface area contributed by atoms with Crippen LogP contribution >= 0.6 is 11.6 Å². The number of amides is 1. The van der Waals surface area contributed by atoms with Crippen molar-refractivity contribution >= 4 is 23.5 Å². The maximum Gasteiger partial charge on any atom is 0.343 e. The van der Waals surface area contributed by atoms with Crippen LogP contribution in [0.4, 0.5) is 0 Å². The van der Waals surface area contributed by atoms with Crippen LogP contribution in [0, 0.1) is 25.7 Å². The number of ether oxygens (including phenoxy) is 1. The number of rotatable bonds is 5. The minimum Gasteiger partial charge on any atom is -0.452 e. The molecule has 0 radical (unpaired) electrons. The summed E-state index contributed by atoms with van der Waals surface area (Å²) in [7, 11) is 0. The minimum atomic E-state index is -0.617. The monoisotopic (exact) mass is 417 g/mol. The second-order valence-electron chi connectivity index (χ2n) is 8.22. The van der Waals surface area contributed by atoms with Crippen molar-refractivity contribution in [2.24, 2.45) is 11.8 Å². The van der Waals surface area contributed by atoms with Gasteiger partial charge in [0.2, 0.25) is 0 Å². The number of carbonyl (C=O) groups is 2. The molecule has 7 heteroatoms. The van der Waals surface area contributed by atoms with Crippen molar-refractivity contribution < 1.29 is 14.3 Å². The van der Waals surface area contributed by atoms with Gasteiger partial charge >= 0.3 is 5.97 Å². The van der Waals surface area contributed by atoms with Crippen molar-refractivity contribution in [1.29, 1.82) is 0 Å². The molecule has 1 aliphatic heterocycles. The lowest BCUT2D eigenvalue weighted by molar-refractivity contribution is -0.137. The van der Waals surface area contributed by atoms with E-state index in [2.05, 4.69) is 18.9 Å². The fourth-order valence-corrected chi connectivity index (χ4v) is 4.23. The van der Waals surface area contributed by atoms with Gasteiger partial charge < -0.3 is 9.64 Å². The van der Waals surface area contributed by atoms with Crippen molar-refractivity contribution in [3.8, 4) is 0 Å². The fraction of sp³-hybridized carbons (Fsp3) is 0.500. The predicted octanol–water partition coefficient (Wildman–Crippen LogP) is 3.86. The lowest BCUT2D eigenvalue weighted by Crippen LogP contribution is -2.44. The third-order valence-electron chi connectivity index (χ3n) is 5.27. The number of likely N-dealkylation sites (tertiary alicyclic amines) is 1. The maximum absolute atomic E-state index is 12.6. The first kappa shape index (κ1) is 21.4. The number of piperidine rings is 1. The molecule has 156 valence electrons. The molecule has 1 saturated heterocycles. The molecule has 1 aromatic carbocycles. The van der Waals surface area contributed by atoms with Crippen molar-refractivity contribution in [2.75, 3.05) is 19.7 Å². The molecule has 1 aliphatic rings. The van der Waals surface area contributed by atoms with E-state index in [1.54, 1.807) is 16.5 Å². The Morgan fingerprint density at radius 3 is 2.38 bits per heavy atom. The standard InChI is InChI=1S/C22H28ClN3O3/c1-14-5-7-18(8-6-14)12-26-21(23)20(17(4)24-26)22(28)29-13-19(27)25-10-15(2)9-16(3)11-25/h5-8,15-16H,9-13H2,1-4H3. The number of carbonyl (C=O) groups excluding carboxylic acids is 2. The maximum atomic E-state index is 12.6. The molecule has 1 fully saturated rings. The average molecular weight is 418 g/mol. The summed E-state index contributed by atoms with van der Waals surface area (Å²) >= 11 is 6.41. The lowest BCUT2D eigenvalue weighted by Gasteiger charge is -2.34. The molecule has 1 amide bonds. The topological polar surface area (TPSA) is 64.4 Å². The van der Waals surface area contributed by atoms with Crippen LogP contribution in [0.3, 0.4) is 0 Å². The van der Waals surface area contributed by atoms with Gasteiger partial charge in [-0.15, -0.1) is 0 Å². The van der Waals surface area contributed by atoms with E-state index in [9.17, 15) is 9.59 Å². The van der Waals surface area contributed by atoms with Crippen LogP contribution in [-0.2, 0) is 16.1 Å². The van der Waals surface area contributed by atoms with Gasteiger partial charge in [0.25, 0.3) is 5.91 Å². The Balaban J connectivity index is 1.64. The number of nitrogens with zero attached hydrogens (tertiary/aromatic N) is 3. The van der Waals surface area contributed by atoms with E-state index < -0.39 is 5.97 Å². The highest BCUT2D eigenvalue weighted by Crippen LogP contribution is 2.23. The molecule has 2 unspecified atom stereocenters. The molecule has 1 aromatic heterocycles. The van der Waals surface area contributed by atoms with Gasteiger partial charge in [0.1, 0.15) is 10.7 Å². The predicted molar refractivity (Wildman–Crippen MR) is 112 cm³/mol. The highest BCUT2D eigenvalue weighted by molar-refractivity contribution is 6.32.